The SMILES string of the molecule is CC(=O)Nc1ccc(F)c(NCc2cc(F)cc(Cl)c2)c1. The molecule has 0 aliphatic rings. The predicted molar refractivity (Wildman–Crippen MR) is 79.4 cm³/mol. The molecule has 0 atom stereocenters. The van der Waals surface area contributed by atoms with Crippen LogP contribution < -0.4 is 10.6 Å². The van der Waals surface area contributed by atoms with Crippen molar-refractivity contribution in [3.63, 3.8) is 0 Å². The molecule has 2 rings (SSSR count). The number of halogens is 3. The van der Waals surface area contributed by atoms with Gasteiger partial charge in [-0.1, -0.05) is 11.6 Å². The van der Waals surface area contributed by atoms with Gasteiger partial charge in [0.15, 0.2) is 0 Å². The number of carbonyl (C=O) groups is 1. The molecule has 2 N–H and O–H groups in total. The van der Waals surface area contributed by atoms with Crippen LogP contribution in [0.2, 0.25) is 5.02 Å². The summed E-state index contributed by atoms with van der Waals surface area (Å²) in [4.78, 5) is 11.0. The highest BCUT2D eigenvalue weighted by Crippen LogP contribution is 2.21. The average Bonchev–Trinajstić information content (AvgIpc) is 2.37. The van der Waals surface area contributed by atoms with Gasteiger partial charge in [0.05, 0.1) is 5.69 Å². The predicted octanol–water partition coefficient (Wildman–Crippen LogP) is 4.19. The van der Waals surface area contributed by atoms with Gasteiger partial charge in [-0.3, -0.25) is 4.79 Å². The Kier molecular flexibility index (Phi) is 4.75. The molecular formula is C15H13ClF2N2O. The summed E-state index contributed by atoms with van der Waals surface area (Å²) in [7, 11) is 0. The van der Waals surface area contributed by atoms with Gasteiger partial charge in [-0.05, 0) is 42.0 Å². The number of anilines is 2. The van der Waals surface area contributed by atoms with Crippen LogP contribution in [0.25, 0.3) is 0 Å². The van der Waals surface area contributed by atoms with E-state index in [0.717, 1.165) is 0 Å². The van der Waals surface area contributed by atoms with Crippen molar-refractivity contribution in [3.05, 3.63) is 58.6 Å². The van der Waals surface area contributed by atoms with Gasteiger partial charge < -0.3 is 10.6 Å². The summed E-state index contributed by atoms with van der Waals surface area (Å²) in [5.41, 5.74) is 1.27. The molecular weight excluding hydrogens is 298 g/mol. The van der Waals surface area contributed by atoms with E-state index in [-0.39, 0.29) is 23.2 Å². The summed E-state index contributed by atoms with van der Waals surface area (Å²) in [6, 6.07) is 8.27. The van der Waals surface area contributed by atoms with Crippen molar-refractivity contribution in [2.45, 2.75) is 13.5 Å². The van der Waals surface area contributed by atoms with Gasteiger partial charge >= 0.3 is 0 Å². The molecule has 0 aliphatic carbocycles. The maximum absolute atomic E-state index is 13.7. The lowest BCUT2D eigenvalue weighted by molar-refractivity contribution is -0.114. The van der Waals surface area contributed by atoms with Crippen LogP contribution in [0.5, 0.6) is 0 Å². The van der Waals surface area contributed by atoms with E-state index in [4.69, 9.17) is 11.6 Å². The highest BCUT2D eigenvalue weighted by atomic mass is 35.5. The second-order valence-electron chi connectivity index (χ2n) is 4.51. The maximum Gasteiger partial charge on any atom is 0.221 e. The lowest BCUT2D eigenvalue weighted by Gasteiger charge is -2.10. The molecule has 3 nitrogen and oxygen atoms in total. The van der Waals surface area contributed by atoms with Crippen molar-refractivity contribution in [2.75, 3.05) is 10.6 Å². The first-order chi connectivity index (χ1) is 9.94. The first-order valence-corrected chi connectivity index (χ1v) is 6.58. The first-order valence-electron chi connectivity index (χ1n) is 6.20. The minimum absolute atomic E-state index is 0.206. The smallest absolute Gasteiger partial charge is 0.221 e. The topological polar surface area (TPSA) is 41.1 Å². The van der Waals surface area contributed by atoms with E-state index in [9.17, 15) is 13.6 Å². The molecule has 1 amide bonds. The largest absolute Gasteiger partial charge is 0.379 e. The standard InChI is InChI=1S/C15H13ClF2N2O/c1-9(21)20-13-2-3-14(18)15(7-13)19-8-10-4-11(16)6-12(17)5-10/h2-7,19H,8H2,1H3,(H,20,21). The Morgan fingerprint density at radius 3 is 2.62 bits per heavy atom. The summed E-state index contributed by atoms with van der Waals surface area (Å²) in [5.74, 6) is -1.16. The lowest BCUT2D eigenvalue weighted by atomic mass is 10.2. The number of rotatable bonds is 4. The Hall–Kier alpha value is -2.14. The zero-order valence-electron chi connectivity index (χ0n) is 11.2. The molecule has 0 unspecified atom stereocenters. The molecule has 0 saturated heterocycles. The fourth-order valence-electron chi connectivity index (χ4n) is 1.85. The second kappa shape index (κ2) is 6.54. The van der Waals surface area contributed by atoms with Crippen LogP contribution in [0.1, 0.15) is 12.5 Å². The summed E-state index contributed by atoms with van der Waals surface area (Å²) in [6.07, 6.45) is 0. The molecule has 0 radical (unpaired) electrons. The Morgan fingerprint density at radius 2 is 1.95 bits per heavy atom. The van der Waals surface area contributed by atoms with Gasteiger partial charge in [-0.25, -0.2) is 8.78 Å². The van der Waals surface area contributed by atoms with Gasteiger partial charge in [-0.2, -0.15) is 0 Å². The quantitative estimate of drug-likeness (QED) is 0.889. The molecule has 21 heavy (non-hydrogen) atoms. The molecule has 0 bridgehead atoms. The fourth-order valence-corrected chi connectivity index (χ4v) is 2.10. The third-order valence-electron chi connectivity index (χ3n) is 2.69. The molecule has 2 aromatic rings. The summed E-state index contributed by atoms with van der Waals surface area (Å²) in [5, 5.41) is 5.68. The van der Waals surface area contributed by atoms with Gasteiger partial charge in [0.2, 0.25) is 5.91 Å². The number of nitrogens with one attached hydrogen (secondary N) is 2. The van der Waals surface area contributed by atoms with Gasteiger partial charge in [0, 0.05) is 24.2 Å². The number of benzene rings is 2. The van der Waals surface area contributed by atoms with E-state index in [1.54, 1.807) is 6.07 Å². The van der Waals surface area contributed by atoms with E-state index in [1.165, 1.54) is 37.3 Å². The molecule has 0 aromatic heterocycles. The Bertz CT molecular complexity index is 656. The van der Waals surface area contributed by atoms with Crippen LogP contribution in [0, 0.1) is 11.6 Å². The third-order valence-corrected chi connectivity index (χ3v) is 2.91. The van der Waals surface area contributed by atoms with E-state index >= 15 is 0 Å². The average molecular weight is 311 g/mol. The highest BCUT2D eigenvalue weighted by molar-refractivity contribution is 6.30. The molecule has 0 fully saturated rings. The summed E-state index contributed by atoms with van der Waals surface area (Å²) >= 11 is 5.76. The third kappa shape index (κ3) is 4.43. The second-order valence-corrected chi connectivity index (χ2v) is 4.94. The normalized spacial score (nSPS) is 10.3. The van der Waals surface area contributed by atoms with E-state index in [1.807, 2.05) is 0 Å². The van der Waals surface area contributed by atoms with Gasteiger partial charge in [0.25, 0.3) is 0 Å². The van der Waals surface area contributed by atoms with Crippen molar-refractivity contribution in [1.82, 2.24) is 0 Å². The lowest BCUT2D eigenvalue weighted by Crippen LogP contribution is -2.07. The van der Waals surface area contributed by atoms with Crippen molar-refractivity contribution >= 4 is 28.9 Å². The Labute approximate surface area is 125 Å². The zero-order valence-corrected chi connectivity index (χ0v) is 12.0. The van der Waals surface area contributed by atoms with Crippen molar-refractivity contribution < 1.29 is 13.6 Å². The number of hydrogen-bond donors (Lipinski definition) is 2. The van der Waals surface area contributed by atoms with E-state index in [0.29, 0.717) is 11.3 Å². The summed E-state index contributed by atoms with van der Waals surface area (Å²) < 4.78 is 26.9. The van der Waals surface area contributed by atoms with Crippen LogP contribution in [0.15, 0.2) is 36.4 Å². The van der Waals surface area contributed by atoms with Crippen molar-refractivity contribution in [2.24, 2.45) is 0 Å². The van der Waals surface area contributed by atoms with Crippen molar-refractivity contribution in [1.29, 1.82) is 0 Å². The first kappa shape index (κ1) is 15.3. The maximum atomic E-state index is 13.7. The molecule has 0 heterocycles. The van der Waals surface area contributed by atoms with E-state index < -0.39 is 11.6 Å². The number of carbonyl (C=O) groups excluding carboxylic acids is 1. The highest BCUT2D eigenvalue weighted by Gasteiger charge is 2.06. The molecule has 0 saturated carbocycles. The zero-order chi connectivity index (χ0) is 15.4. The minimum atomic E-state index is -0.466. The molecule has 0 aliphatic heterocycles. The van der Waals surface area contributed by atoms with Gasteiger partial charge in [-0.15, -0.1) is 0 Å². The summed E-state index contributed by atoms with van der Waals surface area (Å²) in [6.45, 7) is 1.57. The van der Waals surface area contributed by atoms with Crippen molar-refractivity contribution in [3.8, 4) is 0 Å². The van der Waals surface area contributed by atoms with Crippen LogP contribution >= 0.6 is 11.6 Å². The van der Waals surface area contributed by atoms with E-state index in [2.05, 4.69) is 10.6 Å². The van der Waals surface area contributed by atoms with Crippen LogP contribution in [0.3, 0.4) is 0 Å². The number of amides is 1. The Balaban J connectivity index is 2.13. The molecule has 0 spiro atoms. The molecule has 6 heteroatoms. The van der Waals surface area contributed by atoms with Crippen LogP contribution in [0.4, 0.5) is 20.2 Å². The monoisotopic (exact) mass is 310 g/mol. The molecule has 2 aromatic carbocycles. The van der Waals surface area contributed by atoms with Crippen LogP contribution in [-0.2, 0) is 11.3 Å². The number of hydrogen-bond acceptors (Lipinski definition) is 2. The molecule has 110 valence electrons. The minimum Gasteiger partial charge on any atom is -0.379 e. The van der Waals surface area contributed by atoms with Gasteiger partial charge in [0.1, 0.15) is 11.6 Å². The fraction of sp³-hybridized carbons (Fsp3) is 0.133. The van der Waals surface area contributed by atoms with Crippen LogP contribution in [-0.4, -0.2) is 5.91 Å². The Morgan fingerprint density at radius 1 is 1.19 bits per heavy atom.